The summed E-state index contributed by atoms with van der Waals surface area (Å²) in [6.07, 6.45) is 9.86. The lowest BCUT2D eigenvalue weighted by atomic mass is 9.43. The van der Waals surface area contributed by atoms with Gasteiger partial charge in [-0.15, -0.1) is 0 Å². The van der Waals surface area contributed by atoms with E-state index in [1.54, 1.807) is 0 Å². The first-order valence-corrected chi connectivity index (χ1v) is 7.79. The predicted octanol–water partition coefficient (Wildman–Crippen LogP) is 4.31. The molecule has 1 heteroatoms. The predicted molar refractivity (Wildman–Crippen MR) is 75.3 cm³/mol. The first-order valence-electron chi connectivity index (χ1n) is 7.79. The summed E-state index contributed by atoms with van der Waals surface area (Å²) in [6, 6.07) is 0. The Bertz CT molecular complexity index is 343. The summed E-state index contributed by atoms with van der Waals surface area (Å²) < 4.78 is 0. The molecule has 102 valence electrons. The molecule has 0 saturated heterocycles. The number of hydrogen-bond donors (Lipinski definition) is 1. The lowest BCUT2D eigenvalue weighted by Crippen LogP contribution is -2.55. The topological polar surface area (TPSA) is 20.2 Å². The first kappa shape index (κ1) is 12.7. The van der Waals surface area contributed by atoms with Crippen LogP contribution in [0.3, 0.4) is 0 Å². The number of aliphatic hydroxyl groups excluding tert-OH is 1. The highest BCUT2D eigenvalue weighted by Crippen LogP contribution is 2.66. The Labute approximate surface area is 112 Å². The molecule has 0 aromatic rings. The summed E-state index contributed by atoms with van der Waals surface area (Å²) in [4.78, 5) is 0. The van der Waals surface area contributed by atoms with Crippen LogP contribution in [0.1, 0.15) is 65.2 Å². The second kappa shape index (κ2) is 4.10. The van der Waals surface area contributed by atoms with Crippen molar-refractivity contribution in [3.63, 3.8) is 0 Å². The van der Waals surface area contributed by atoms with Gasteiger partial charge in [0.25, 0.3) is 0 Å². The molecule has 0 amide bonds. The van der Waals surface area contributed by atoms with Gasteiger partial charge >= 0.3 is 0 Å². The zero-order chi connectivity index (χ0) is 13.0. The lowest BCUT2D eigenvalue weighted by Gasteiger charge is -2.62. The fourth-order valence-electron chi connectivity index (χ4n) is 5.82. The van der Waals surface area contributed by atoms with Gasteiger partial charge in [-0.1, -0.05) is 26.0 Å². The Kier molecular flexibility index (Phi) is 2.89. The Balaban J connectivity index is 1.80. The van der Waals surface area contributed by atoms with E-state index >= 15 is 0 Å². The summed E-state index contributed by atoms with van der Waals surface area (Å²) in [5.41, 5.74) is 2.01. The van der Waals surface area contributed by atoms with E-state index in [0.29, 0.717) is 5.41 Å². The van der Waals surface area contributed by atoms with Gasteiger partial charge in [0.15, 0.2) is 0 Å². The molecular weight excluding hydrogens is 220 g/mol. The van der Waals surface area contributed by atoms with E-state index in [2.05, 4.69) is 20.4 Å². The number of hydrogen-bond acceptors (Lipinski definition) is 1. The maximum atomic E-state index is 10.8. The molecule has 1 nitrogen and oxygen atoms in total. The van der Waals surface area contributed by atoms with Gasteiger partial charge in [-0.05, 0) is 74.0 Å². The second-order valence-electron chi connectivity index (χ2n) is 7.96. The Morgan fingerprint density at radius 3 is 2.39 bits per heavy atom. The van der Waals surface area contributed by atoms with Crippen molar-refractivity contribution in [2.75, 3.05) is 0 Å². The molecule has 3 unspecified atom stereocenters. The quantitative estimate of drug-likeness (QED) is 0.735. The fraction of sp³-hybridized carbons (Fsp3) is 0.882. The minimum Gasteiger partial charge on any atom is -0.392 e. The van der Waals surface area contributed by atoms with Crippen molar-refractivity contribution in [3.8, 4) is 0 Å². The molecule has 4 rings (SSSR count). The van der Waals surface area contributed by atoms with Crippen molar-refractivity contribution in [1.29, 1.82) is 0 Å². The molecule has 0 heterocycles. The van der Waals surface area contributed by atoms with Gasteiger partial charge in [0.05, 0.1) is 6.10 Å². The van der Waals surface area contributed by atoms with Gasteiger partial charge in [0.1, 0.15) is 0 Å². The molecule has 4 fully saturated rings. The highest BCUT2D eigenvalue weighted by atomic mass is 16.3. The smallest absolute Gasteiger partial charge is 0.0633 e. The van der Waals surface area contributed by atoms with Gasteiger partial charge < -0.3 is 5.11 Å². The van der Waals surface area contributed by atoms with Crippen LogP contribution in [0.25, 0.3) is 0 Å². The number of rotatable bonds is 4. The molecule has 0 aromatic carbocycles. The average Bonchev–Trinajstić information content (AvgIpc) is 2.25. The van der Waals surface area contributed by atoms with Crippen molar-refractivity contribution in [2.24, 2.45) is 22.7 Å². The molecule has 1 N–H and O–H groups in total. The third kappa shape index (κ3) is 1.95. The third-order valence-corrected chi connectivity index (χ3v) is 6.09. The molecule has 4 saturated carbocycles. The summed E-state index contributed by atoms with van der Waals surface area (Å²) in [7, 11) is 0. The van der Waals surface area contributed by atoms with Crippen molar-refractivity contribution in [1.82, 2.24) is 0 Å². The molecule has 0 aromatic heterocycles. The van der Waals surface area contributed by atoms with Gasteiger partial charge in [0.2, 0.25) is 0 Å². The molecule has 0 radical (unpaired) electrons. The van der Waals surface area contributed by atoms with Crippen molar-refractivity contribution >= 4 is 0 Å². The summed E-state index contributed by atoms with van der Waals surface area (Å²) in [5.74, 6) is 1.81. The van der Waals surface area contributed by atoms with Gasteiger partial charge in [-0.2, -0.15) is 0 Å². The van der Waals surface area contributed by atoms with Crippen LogP contribution in [0.2, 0.25) is 0 Å². The van der Waals surface area contributed by atoms with Crippen LogP contribution >= 0.6 is 0 Å². The molecule has 0 aliphatic heterocycles. The van der Waals surface area contributed by atoms with Crippen molar-refractivity contribution < 1.29 is 5.11 Å². The lowest BCUT2D eigenvalue weighted by molar-refractivity contribution is -0.152. The maximum absolute atomic E-state index is 10.8. The normalized spacial score (nSPS) is 47.3. The van der Waals surface area contributed by atoms with E-state index in [0.717, 1.165) is 24.7 Å². The minimum atomic E-state index is -0.129. The van der Waals surface area contributed by atoms with Crippen molar-refractivity contribution in [2.45, 2.75) is 71.3 Å². The van der Waals surface area contributed by atoms with Crippen LogP contribution in [0.15, 0.2) is 12.2 Å². The average molecular weight is 248 g/mol. The maximum Gasteiger partial charge on any atom is 0.0633 e. The van der Waals surface area contributed by atoms with E-state index in [9.17, 15) is 5.11 Å². The third-order valence-electron chi connectivity index (χ3n) is 6.09. The molecule has 3 atom stereocenters. The minimum absolute atomic E-state index is 0.129. The Morgan fingerprint density at radius 2 is 1.89 bits per heavy atom. The van der Waals surface area contributed by atoms with E-state index in [-0.39, 0.29) is 11.5 Å². The van der Waals surface area contributed by atoms with E-state index < -0.39 is 0 Å². The van der Waals surface area contributed by atoms with Crippen LogP contribution in [-0.2, 0) is 0 Å². The van der Waals surface area contributed by atoms with Crippen LogP contribution in [0, 0.1) is 22.7 Å². The molecular formula is C17H28O. The molecule has 4 aliphatic rings. The van der Waals surface area contributed by atoms with Crippen LogP contribution in [0.4, 0.5) is 0 Å². The standard InChI is InChI=1S/C17H28O/c1-4-12(2)5-15(18)17-9-13-6-14(10-17)8-16(3,7-13)11-17/h13-15,18H,2,4-11H2,1,3H3. The largest absolute Gasteiger partial charge is 0.392 e. The second-order valence-corrected chi connectivity index (χ2v) is 7.96. The Morgan fingerprint density at radius 1 is 1.28 bits per heavy atom. The summed E-state index contributed by atoms with van der Waals surface area (Å²) in [5, 5.41) is 10.8. The highest BCUT2D eigenvalue weighted by molar-refractivity contribution is 5.10. The van der Waals surface area contributed by atoms with Crippen molar-refractivity contribution in [3.05, 3.63) is 12.2 Å². The Hall–Kier alpha value is -0.300. The van der Waals surface area contributed by atoms with Gasteiger partial charge in [-0.25, -0.2) is 0 Å². The van der Waals surface area contributed by atoms with Gasteiger partial charge in [0, 0.05) is 0 Å². The van der Waals surface area contributed by atoms with E-state index in [4.69, 9.17) is 0 Å². The SMILES string of the molecule is C=C(CC)CC(O)C12CC3CC(CC(C)(C3)C1)C2. The summed E-state index contributed by atoms with van der Waals surface area (Å²) in [6.45, 7) is 8.72. The first-order chi connectivity index (χ1) is 8.45. The molecule has 18 heavy (non-hydrogen) atoms. The monoisotopic (exact) mass is 248 g/mol. The van der Waals surface area contributed by atoms with Crippen LogP contribution in [-0.4, -0.2) is 11.2 Å². The number of aliphatic hydroxyl groups is 1. The van der Waals surface area contributed by atoms with Gasteiger partial charge in [-0.3, -0.25) is 0 Å². The summed E-state index contributed by atoms with van der Waals surface area (Å²) >= 11 is 0. The van der Waals surface area contributed by atoms with Crippen LogP contribution in [0.5, 0.6) is 0 Å². The molecule has 0 spiro atoms. The van der Waals surface area contributed by atoms with Crippen LogP contribution < -0.4 is 0 Å². The zero-order valence-electron chi connectivity index (χ0n) is 12.0. The fourth-order valence-corrected chi connectivity index (χ4v) is 5.82. The molecule has 4 bridgehead atoms. The van der Waals surface area contributed by atoms with E-state index in [1.165, 1.54) is 44.1 Å². The van der Waals surface area contributed by atoms with E-state index in [1.807, 2.05) is 0 Å². The highest BCUT2D eigenvalue weighted by Gasteiger charge is 2.57. The zero-order valence-corrected chi connectivity index (χ0v) is 12.0. The molecule has 4 aliphatic carbocycles.